The van der Waals surface area contributed by atoms with Gasteiger partial charge in [0.15, 0.2) is 0 Å². The molecule has 1 saturated carbocycles. The van der Waals surface area contributed by atoms with Crippen LogP contribution in [0.4, 0.5) is 5.69 Å². The van der Waals surface area contributed by atoms with Gasteiger partial charge in [-0.25, -0.2) is 4.79 Å². The van der Waals surface area contributed by atoms with Crippen molar-refractivity contribution in [2.24, 2.45) is 11.3 Å². The topological polar surface area (TPSA) is 49.3 Å². The van der Waals surface area contributed by atoms with E-state index in [0.717, 1.165) is 18.7 Å². The fourth-order valence-corrected chi connectivity index (χ4v) is 2.69. The first kappa shape index (κ1) is 13.7. The van der Waals surface area contributed by atoms with Gasteiger partial charge in [0.1, 0.15) is 0 Å². The molecule has 3 heteroatoms. The minimum atomic E-state index is -0.892. The average molecular weight is 259 g/mol. The minimum Gasteiger partial charge on any atom is -0.478 e. The number of carbonyl (C=O) groups is 1. The van der Waals surface area contributed by atoms with Gasteiger partial charge < -0.3 is 10.4 Å². The van der Waals surface area contributed by atoms with Crippen LogP contribution in [-0.2, 0) is 0 Å². The standard InChI is InChI=1S/C16H21NO2/c1-11-8-9-16(3,12(11)2)10-17-14-6-4-13(5-7-14)15(18)19/h4-7,11,17H,2,8-10H2,1,3H3,(H,18,19). The maximum atomic E-state index is 10.8. The lowest BCUT2D eigenvalue weighted by atomic mass is 9.83. The van der Waals surface area contributed by atoms with Gasteiger partial charge in [0, 0.05) is 17.6 Å². The molecule has 2 rings (SSSR count). The molecule has 2 N–H and O–H groups in total. The molecule has 1 aromatic carbocycles. The van der Waals surface area contributed by atoms with Crippen molar-refractivity contribution < 1.29 is 9.90 Å². The Kier molecular flexibility index (Phi) is 3.65. The molecule has 0 spiro atoms. The molecular formula is C16H21NO2. The number of carboxylic acid groups (broad SMARTS) is 1. The highest BCUT2D eigenvalue weighted by Crippen LogP contribution is 2.45. The molecule has 1 fully saturated rings. The monoisotopic (exact) mass is 259 g/mol. The van der Waals surface area contributed by atoms with Crippen LogP contribution in [0.1, 0.15) is 37.0 Å². The molecule has 0 radical (unpaired) electrons. The first-order valence-corrected chi connectivity index (χ1v) is 6.69. The average Bonchev–Trinajstić information content (AvgIpc) is 2.66. The highest BCUT2D eigenvalue weighted by molar-refractivity contribution is 5.87. The van der Waals surface area contributed by atoms with Gasteiger partial charge in [-0.3, -0.25) is 0 Å². The Hall–Kier alpha value is -1.77. The Morgan fingerprint density at radius 1 is 1.47 bits per heavy atom. The molecule has 1 aromatic rings. The number of hydrogen-bond acceptors (Lipinski definition) is 2. The highest BCUT2D eigenvalue weighted by Gasteiger charge is 2.36. The second kappa shape index (κ2) is 5.08. The molecule has 0 heterocycles. The molecule has 19 heavy (non-hydrogen) atoms. The van der Waals surface area contributed by atoms with Crippen LogP contribution >= 0.6 is 0 Å². The summed E-state index contributed by atoms with van der Waals surface area (Å²) in [6.07, 6.45) is 2.36. The fourth-order valence-electron chi connectivity index (χ4n) is 2.69. The molecule has 102 valence electrons. The molecule has 0 bridgehead atoms. The van der Waals surface area contributed by atoms with E-state index >= 15 is 0 Å². The van der Waals surface area contributed by atoms with Gasteiger partial charge in [0.2, 0.25) is 0 Å². The molecule has 1 aliphatic carbocycles. The second-order valence-corrected chi connectivity index (χ2v) is 5.76. The van der Waals surface area contributed by atoms with E-state index < -0.39 is 5.97 Å². The second-order valence-electron chi connectivity index (χ2n) is 5.76. The third kappa shape index (κ3) is 2.80. The lowest BCUT2D eigenvalue weighted by molar-refractivity contribution is 0.0697. The van der Waals surface area contributed by atoms with Crippen molar-refractivity contribution in [3.63, 3.8) is 0 Å². The van der Waals surface area contributed by atoms with Crippen molar-refractivity contribution in [2.75, 3.05) is 11.9 Å². The van der Waals surface area contributed by atoms with E-state index in [1.54, 1.807) is 12.1 Å². The zero-order valence-corrected chi connectivity index (χ0v) is 11.6. The summed E-state index contributed by atoms with van der Waals surface area (Å²) in [6, 6.07) is 6.88. The Morgan fingerprint density at radius 2 is 2.11 bits per heavy atom. The molecule has 2 unspecified atom stereocenters. The van der Waals surface area contributed by atoms with Crippen LogP contribution < -0.4 is 5.32 Å². The molecule has 3 nitrogen and oxygen atoms in total. The van der Waals surface area contributed by atoms with Crippen LogP contribution in [0.2, 0.25) is 0 Å². The van der Waals surface area contributed by atoms with Gasteiger partial charge in [-0.15, -0.1) is 0 Å². The minimum absolute atomic E-state index is 0.144. The maximum Gasteiger partial charge on any atom is 0.335 e. The third-order valence-corrected chi connectivity index (χ3v) is 4.31. The summed E-state index contributed by atoms with van der Waals surface area (Å²) >= 11 is 0. The first-order chi connectivity index (χ1) is 8.92. The van der Waals surface area contributed by atoms with Gasteiger partial charge in [0.25, 0.3) is 0 Å². The molecule has 0 saturated heterocycles. The smallest absolute Gasteiger partial charge is 0.335 e. The summed E-state index contributed by atoms with van der Waals surface area (Å²) in [6.45, 7) is 9.55. The van der Waals surface area contributed by atoms with Crippen LogP contribution in [0.25, 0.3) is 0 Å². The lowest BCUT2D eigenvalue weighted by Crippen LogP contribution is -2.25. The Balaban J connectivity index is 1.99. The van der Waals surface area contributed by atoms with E-state index in [2.05, 4.69) is 25.7 Å². The normalized spacial score (nSPS) is 26.4. The Morgan fingerprint density at radius 3 is 2.58 bits per heavy atom. The molecule has 0 amide bonds. The van der Waals surface area contributed by atoms with Gasteiger partial charge >= 0.3 is 5.97 Å². The van der Waals surface area contributed by atoms with E-state index in [1.165, 1.54) is 12.0 Å². The Bertz CT molecular complexity index is 492. The molecule has 2 atom stereocenters. The maximum absolute atomic E-state index is 10.8. The summed E-state index contributed by atoms with van der Waals surface area (Å²) in [5.41, 5.74) is 2.74. The zero-order chi connectivity index (χ0) is 14.0. The van der Waals surface area contributed by atoms with E-state index in [0.29, 0.717) is 11.5 Å². The first-order valence-electron chi connectivity index (χ1n) is 6.69. The number of rotatable bonds is 4. The number of anilines is 1. The van der Waals surface area contributed by atoms with E-state index in [4.69, 9.17) is 5.11 Å². The molecule has 0 aliphatic heterocycles. The van der Waals surface area contributed by atoms with Crippen LogP contribution in [0.5, 0.6) is 0 Å². The number of aromatic carboxylic acids is 1. The summed E-state index contributed by atoms with van der Waals surface area (Å²) in [5, 5.41) is 12.2. The number of nitrogens with one attached hydrogen (secondary N) is 1. The predicted octanol–water partition coefficient (Wildman–Crippen LogP) is 3.79. The van der Waals surface area contributed by atoms with Crippen LogP contribution in [0.3, 0.4) is 0 Å². The largest absolute Gasteiger partial charge is 0.478 e. The van der Waals surface area contributed by atoms with E-state index in [-0.39, 0.29) is 5.41 Å². The molecular weight excluding hydrogens is 238 g/mol. The predicted molar refractivity (Wildman–Crippen MR) is 77.5 cm³/mol. The fraction of sp³-hybridized carbons (Fsp3) is 0.438. The Labute approximate surface area is 114 Å². The lowest BCUT2D eigenvalue weighted by Gasteiger charge is -2.27. The zero-order valence-electron chi connectivity index (χ0n) is 11.6. The molecule has 1 aliphatic rings. The van der Waals surface area contributed by atoms with Crippen molar-refractivity contribution >= 4 is 11.7 Å². The summed E-state index contributed by atoms with van der Waals surface area (Å²) in [5.74, 6) is -0.294. The third-order valence-electron chi connectivity index (χ3n) is 4.31. The van der Waals surface area contributed by atoms with Crippen molar-refractivity contribution in [3.05, 3.63) is 42.0 Å². The van der Waals surface area contributed by atoms with Gasteiger partial charge in [-0.05, 0) is 43.0 Å². The van der Waals surface area contributed by atoms with Crippen LogP contribution in [0.15, 0.2) is 36.4 Å². The van der Waals surface area contributed by atoms with Crippen LogP contribution in [-0.4, -0.2) is 17.6 Å². The number of carboxylic acids is 1. The highest BCUT2D eigenvalue weighted by atomic mass is 16.4. The van der Waals surface area contributed by atoms with Gasteiger partial charge in [-0.2, -0.15) is 0 Å². The number of benzene rings is 1. The van der Waals surface area contributed by atoms with Crippen molar-refractivity contribution in [1.82, 2.24) is 0 Å². The summed E-state index contributed by atoms with van der Waals surface area (Å²) in [7, 11) is 0. The molecule has 0 aromatic heterocycles. The number of hydrogen-bond donors (Lipinski definition) is 2. The van der Waals surface area contributed by atoms with Crippen LogP contribution in [0, 0.1) is 11.3 Å². The van der Waals surface area contributed by atoms with Crippen molar-refractivity contribution in [1.29, 1.82) is 0 Å². The van der Waals surface area contributed by atoms with Gasteiger partial charge in [0.05, 0.1) is 5.56 Å². The van der Waals surface area contributed by atoms with E-state index in [1.807, 2.05) is 12.1 Å². The summed E-state index contributed by atoms with van der Waals surface area (Å²) < 4.78 is 0. The van der Waals surface area contributed by atoms with Crippen molar-refractivity contribution in [3.8, 4) is 0 Å². The SMILES string of the molecule is C=C1C(C)CCC1(C)CNc1ccc(C(=O)O)cc1. The van der Waals surface area contributed by atoms with Gasteiger partial charge in [-0.1, -0.05) is 26.0 Å². The summed E-state index contributed by atoms with van der Waals surface area (Å²) in [4.78, 5) is 10.8. The van der Waals surface area contributed by atoms with E-state index in [9.17, 15) is 4.79 Å². The quantitative estimate of drug-likeness (QED) is 0.809. The van der Waals surface area contributed by atoms with Crippen molar-refractivity contribution in [2.45, 2.75) is 26.7 Å².